The van der Waals surface area contributed by atoms with Crippen LogP contribution in [0.1, 0.15) is 76.0 Å². The molecule has 3 aromatic rings. The van der Waals surface area contributed by atoms with Crippen molar-refractivity contribution in [2.24, 2.45) is 0 Å². The van der Waals surface area contributed by atoms with Crippen LogP contribution in [-0.2, 0) is 5.16 Å². The van der Waals surface area contributed by atoms with Gasteiger partial charge in [-0.15, -0.1) is 0 Å². The van der Waals surface area contributed by atoms with E-state index in [0.717, 1.165) is 0 Å². The molecular weight excluding hydrogens is 403 g/mol. The van der Waals surface area contributed by atoms with Gasteiger partial charge in [-0.05, 0) is 0 Å². The molecule has 0 N–H and O–H groups in total. The maximum atomic E-state index is 2.42. The van der Waals surface area contributed by atoms with Crippen molar-refractivity contribution in [3.63, 3.8) is 0 Å². The Bertz CT molecular complexity index is 767. The molecule has 172 valence electrons. The number of hydrogen-bond donors (Lipinski definition) is 0. The minimum absolute atomic E-state index is 0.0176. The first kappa shape index (κ1) is 24.7. The second kappa shape index (κ2) is 12.4. The first-order valence-electron chi connectivity index (χ1n) is 12.9. The van der Waals surface area contributed by atoms with Crippen molar-refractivity contribution in [2.75, 3.05) is 18.5 Å². The van der Waals surface area contributed by atoms with E-state index in [9.17, 15) is 0 Å². The summed E-state index contributed by atoms with van der Waals surface area (Å²) in [6, 6.07) is 34.6. The molecule has 1 heteroatoms. The van der Waals surface area contributed by atoms with Crippen molar-refractivity contribution >= 4 is 7.26 Å². The minimum atomic E-state index is -1.86. The third kappa shape index (κ3) is 5.02. The molecule has 0 nitrogen and oxygen atoms in total. The van der Waals surface area contributed by atoms with Gasteiger partial charge in [0.1, 0.15) is 0 Å². The molecule has 32 heavy (non-hydrogen) atoms. The average molecular weight is 447 g/mol. The fourth-order valence-corrected chi connectivity index (χ4v) is 13.3. The molecule has 0 aliphatic carbocycles. The molecule has 0 fully saturated rings. The number of rotatable bonds is 13. The topological polar surface area (TPSA) is 0 Å². The van der Waals surface area contributed by atoms with Gasteiger partial charge in [0, 0.05) is 0 Å². The van der Waals surface area contributed by atoms with Gasteiger partial charge in [0.2, 0.25) is 0 Å². The summed E-state index contributed by atoms with van der Waals surface area (Å²) in [4.78, 5) is 0. The van der Waals surface area contributed by atoms with Gasteiger partial charge in [-0.25, -0.2) is 0 Å². The molecule has 0 atom stereocenters. The van der Waals surface area contributed by atoms with Crippen molar-refractivity contribution in [1.82, 2.24) is 0 Å². The Hall–Kier alpha value is -1.91. The third-order valence-electron chi connectivity index (χ3n) is 7.44. The number of benzene rings is 3. The molecule has 0 radical (unpaired) electrons. The van der Waals surface area contributed by atoms with Gasteiger partial charge in [0.15, 0.2) is 0 Å². The van der Waals surface area contributed by atoms with Crippen LogP contribution in [0.4, 0.5) is 0 Å². The van der Waals surface area contributed by atoms with E-state index in [1.165, 1.54) is 73.7 Å². The summed E-state index contributed by atoms with van der Waals surface area (Å²) in [5, 5.41) is -0.0176. The van der Waals surface area contributed by atoms with Crippen LogP contribution < -0.4 is 0 Å². The Morgan fingerprint density at radius 1 is 0.469 bits per heavy atom. The predicted octanol–water partition coefficient (Wildman–Crippen LogP) is 9.13. The molecule has 0 unspecified atom stereocenters. The molecule has 0 aliphatic heterocycles. The molecular formula is C31H43P. The maximum absolute atomic E-state index is 2.42. The summed E-state index contributed by atoms with van der Waals surface area (Å²) in [5.74, 6) is 0. The first-order valence-corrected chi connectivity index (χ1v) is 15.5. The Morgan fingerprint density at radius 2 is 0.750 bits per heavy atom. The van der Waals surface area contributed by atoms with Crippen LogP contribution in [0.3, 0.4) is 0 Å². The average Bonchev–Trinajstić information content (AvgIpc) is 2.87. The SMILES string of the molecule is CCCC[PH](CCCC)(CCCC)C(c1ccccc1)(c1ccccc1)c1ccccc1. The van der Waals surface area contributed by atoms with Gasteiger partial charge < -0.3 is 0 Å². The fraction of sp³-hybridized carbons (Fsp3) is 0.419. The van der Waals surface area contributed by atoms with E-state index in [1.54, 1.807) is 0 Å². The zero-order valence-electron chi connectivity index (χ0n) is 20.5. The summed E-state index contributed by atoms with van der Waals surface area (Å²) in [6.07, 6.45) is 12.1. The Morgan fingerprint density at radius 3 is 1.00 bits per heavy atom. The Balaban J connectivity index is 2.43. The summed E-state index contributed by atoms with van der Waals surface area (Å²) < 4.78 is 0. The van der Waals surface area contributed by atoms with Crippen LogP contribution in [0.25, 0.3) is 0 Å². The van der Waals surface area contributed by atoms with E-state index in [4.69, 9.17) is 0 Å². The van der Waals surface area contributed by atoms with Crippen molar-refractivity contribution in [2.45, 2.75) is 64.5 Å². The zero-order valence-corrected chi connectivity index (χ0v) is 21.5. The quantitative estimate of drug-likeness (QED) is 0.181. The van der Waals surface area contributed by atoms with Gasteiger partial charge in [-0.3, -0.25) is 0 Å². The normalized spacial score (nSPS) is 12.6. The van der Waals surface area contributed by atoms with E-state index in [2.05, 4.69) is 112 Å². The van der Waals surface area contributed by atoms with Gasteiger partial charge in [-0.2, -0.15) is 0 Å². The van der Waals surface area contributed by atoms with E-state index in [0.29, 0.717) is 0 Å². The zero-order chi connectivity index (χ0) is 22.7. The van der Waals surface area contributed by atoms with Crippen LogP contribution in [0.2, 0.25) is 0 Å². The predicted molar refractivity (Wildman–Crippen MR) is 147 cm³/mol. The molecule has 0 spiro atoms. The van der Waals surface area contributed by atoms with Crippen LogP contribution in [-0.4, -0.2) is 18.5 Å². The second-order valence-electron chi connectivity index (χ2n) is 9.44. The van der Waals surface area contributed by atoms with Crippen LogP contribution in [0.5, 0.6) is 0 Å². The van der Waals surface area contributed by atoms with E-state index in [-0.39, 0.29) is 5.16 Å². The first-order chi connectivity index (χ1) is 15.7. The summed E-state index contributed by atoms with van der Waals surface area (Å²) in [6.45, 7) is 7.11. The number of unbranched alkanes of at least 4 members (excludes halogenated alkanes) is 3. The monoisotopic (exact) mass is 446 g/mol. The van der Waals surface area contributed by atoms with Crippen molar-refractivity contribution in [1.29, 1.82) is 0 Å². The summed E-state index contributed by atoms with van der Waals surface area (Å²) in [5.41, 5.74) is 4.52. The Labute approximate surface area is 197 Å². The van der Waals surface area contributed by atoms with Crippen molar-refractivity contribution in [3.8, 4) is 0 Å². The van der Waals surface area contributed by atoms with Gasteiger partial charge in [-0.1, -0.05) is 0 Å². The molecule has 3 aromatic carbocycles. The molecule has 0 amide bonds. The van der Waals surface area contributed by atoms with E-state index in [1.807, 2.05) is 0 Å². The summed E-state index contributed by atoms with van der Waals surface area (Å²) in [7, 11) is -1.86. The molecule has 0 saturated heterocycles. The van der Waals surface area contributed by atoms with Crippen LogP contribution >= 0.6 is 7.26 Å². The van der Waals surface area contributed by atoms with Gasteiger partial charge in [0.05, 0.1) is 0 Å². The molecule has 0 saturated carbocycles. The standard InChI is InChI=1S/C31H43P/c1-4-7-25-32(26-8-5-2,27-9-6-3)31(28-19-13-10-14-20-28,29-21-15-11-16-22-29)30-23-17-12-18-24-30/h10-24,32H,4-9,25-27H2,1-3H3. The molecule has 0 bridgehead atoms. The van der Waals surface area contributed by atoms with Crippen LogP contribution in [0, 0.1) is 0 Å². The molecule has 0 aliphatic rings. The Kier molecular flexibility index (Phi) is 9.55. The van der Waals surface area contributed by atoms with E-state index < -0.39 is 7.26 Å². The molecule has 0 aromatic heterocycles. The molecule has 3 rings (SSSR count). The van der Waals surface area contributed by atoms with Crippen LogP contribution in [0.15, 0.2) is 91.0 Å². The van der Waals surface area contributed by atoms with E-state index >= 15 is 0 Å². The molecule has 0 heterocycles. The fourth-order valence-electron chi connectivity index (χ4n) is 5.97. The third-order valence-corrected chi connectivity index (χ3v) is 13.8. The summed E-state index contributed by atoms with van der Waals surface area (Å²) >= 11 is 0. The van der Waals surface area contributed by atoms with Gasteiger partial charge >= 0.3 is 198 Å². The van der Waals surface area contributed by atoms with Crippen molar-refractivity contribution in [3.05, 3.63) is 108 Å². The number of hydrogen-bond acceptors (Lipinski definition) is 0. The second-order valence-corrected chi connectivity index (χ2v) is 14.2. The van der Waals surface area contributed by atoms with Crippen molar-refractivity contribution < 1.29 is 0 Å². The van der Waals surface area contributed by atoms with Gasteiger partial charge in [0.25, 0.3) is 0 Å².